The molecule has 6 nitrogen and oxygen atoms in total. The number of aromatic nitrogens is 1. The Morgan fingerprint density at radius 2 is 2.04 bits per heavy atom. The molecule has 1 aromatic heterocycles. The van der Waals surface area contributed by atoms with Crippen molar-refractivity contribution in [3.8, 4) is 0 Å². The molecule has 2 heterocycles. The Labute approximate surface area is 166 Å². The molecule has 0 aliphatic carbocycles. The summed E-state index contributed by atoms with van der Waals surface area (Å²) in [5, 5.41) is 0. The normalized spacial score (nSPS) is 16.2. The third-order valence-electron chi connectivity index (χ3n) is 5.22. The van der Waals surface area contributed by atoms with E-state index >= 15 is 0 Å². The van der Waals surface area contributed by atoms with Gasteiger partial charge in [-0.15, -0.1) is 0 Å². The number of hydrogen-bond donors (Lipinski definition) is 0. The number of anilines is 1. The van der Waals surface area contributed by atoms with Gasteiger partial charge in [-0.05, 0) is 51.0 Å². The Kier molecular flexibility index (Phi) is 6.19. The minimum atomic E-state index is -0.495. The standard InChI is InChI=1S/C22H28N2O4/c1-15-11-20(16(2)24(15)13-19-9-6-10-27-19)21(25)14-28-22(26)17-7-5-8-18(12-17)23(3)4/h5,7-8,11-12,19H,6,9-10,13-14H2,1-4H3. The molecule has 2 aromatic rings. The van der Waals surface area contributed by atoms with Crippen molar-refractivity contribution in [2.45, 2.75) is 39.3 Å². The quantitative estimate of drug-likeness (QED) is 0.541. The van der Waals surface area contributed by atoms with Crippen molar-refractivity contribution in [3.63, 3.8) is 0 Å². The van der Waals surface area contributed by atoms with Crippen molar-refractivity contribution in [2.24, 2.45) is 0 Å². The van der Waals surface area contributed by atoms with Crippen molar-refractivity contribution < 1.29 is 19.1 Å². The summed E-state index contributed by atoms with van der Waals surface area (Å²) in [5.74, 6) is -0.686. The zero-order valence-electron chi connectivity index (χ0n) is 17.0. The second-order valence-corrected chi connectivity index (χ2v) is 7.47. The third-order valence-corrected chi connectivity index (χ3v) is 5.22. The fraction of sp³-hybridized carbons (Fsp3) is 0.455. The molecule has 1 atom stereocenters. The molecule has 28 heavy (non-hydrogen) atoms. The van der Waals surface area contributed by atoms with E-state index in [4.69, 9.17) is 9.47 Å². The predicted octanol–water partition coefficient (Wildman–Crippen LogP) is 3.39. The van der Waals surface area contributed by atoms with Gasteiger partial charge in [-0.25, -0.2) is 4.79 Å². The Morgan fingerprint density at radius 1 is 1.25 bits per heavy atom. The number of rotatable bonds is 7. The Morgan fingerprint density at radius 3 is 2.71 bits per heavy atom. The molecule has 0 spiro atoms. The van der Waals surface area contributed by atoms with E-state index in [1.54, 1.807) is 18.2 Å². The van der Waals surface area contributed by atoms with E-state index < -0.39 is 5.97 Å². The summed E-state index contributed by atoms with van der Waals surface area (Å²) in [7, 11) is 3.81. The number of carbonyl (C=O) groups excluding carboxylic acids is 2. The lowest BCUT2D eigenvalue weighted by molar-refractivity contribution is 0.0474. The molecule has 6 heteroatoms. The first kappa shape index (κ1) is 20.1. The minimum Gasteiger partial charge on any atom is -0.454 e. The highest BCUT2D eigenvalue weighted by Gasteiger charge is 2.22. The highest BCUT2D eigenvalue weighted by molar-refractivity contribution is 6.00. The number of hydrogen-bond acceptors (Lipinski definition) is 5. The maximum Gasteiger partial charge on any atom is 0.338 e. The van der Waals surface area contributed by atoms with Gasteiger partial charge in [0.2, 0.25) is 5.78 Å². The van der Waals surface area contributed by atoms with Gasteiger partial charge in [-0.1, -0.05) is 6.07 Å². The van der Waals surface area contributed by atoms with Gasteiger partial charge in [0.15, 0.2) is 6.61 Å². The predicted molar refractivity (Wildman–Crippen MR) is 108 cm³/mol. The van der Waals surface area contributed by atoms with Crippen molar-refractivity contribution in [2.75, 3.05) is 32.2 Å². The number of carbonyl (C=O) groups is 2. The van der Waals surface area contributed by atoms with Crippen LogP contribution in [-0.2, 0) is 16.0 Å². The molecule has 1 saturated heterocycles. The molecule has 0 N–H and O–H groups in total. The highest BCUT2D eigenvalue weighted by atomic mass is 16.5. The molecule has 1 aromatic carbocycles. The summed E-state index contributed by atoms with van der Waals surface area (Å²) < 4.78 is 13.1. The summed E-state index contributed by atoms with van der Waals surface area (Å²) >= 11 is 0. The lowest BCUT2D eigenvalue weighted by Crippen LogP contribution is -2.18. The number of ether oxygens (including phenoxy) is 2. The summed E-state index contributed by atoms with van der Waals surface area (Å²) in [6.07, 6.45) is 2.33. The number of benzene rings is 1. The molecule has 1 aliphatic rings. The summed E-state index contributed by atoms with van der Waals surface area (Å²) in [5.41, 5.74) is 3.84. The van der Waals surface area contributed by atoms with Crippen LogP contribution in [0.5, 0.6) is 0 Å². The summed E-state index contributed by atoms with van der Waals surface area (Å²) in [6, 6.07) is 9.01. The van der Waals surface area contributed by atoms with Crippen LogP contribution in [-0.4, -0.2) is 49.7 Å². The first-order valence-corrected chi connectivity index (χ1v) is 9.63. The van der Waals surface area contributed by atoms with Crippen molar-refractivity contribution in [1.82, 2.24) is 4.57 Å². The van der Waals surface area contributed by atoms with Crippen molar-refractivity contribution in [1.29, 1.82) is 0 Å². The number of nitrogens with zero attached hydrogens (tertiary/aromatic N) is 2. The number of esters is 1. The largest absolute Gasteiger partial charge is 0.454 e. The van der Waals surface area contributed by atoms with Crippen LogP contribution < -0.4 is 4.90 Å². The molecule has 1 fully saturated rings. The van der Waals surface area contributed by atoms with E-state index in [9.17, 15) is 9.59 Å². The van der Waals surface area contributed by atoms with Gasteiger partial charge in [-0.3, -0.25) is 4.79 Å². The second-order valence-electron chi connectivity index (χ2n) is 7.47. The van der Waals surface area contributed by atoms with Crippen LogP contribution in [0.3, 0.4) is 0 Å². The maximum atomic E-state index is 12.6. The molecule has 1 aliphatic heterocycles. The van der Waals surface area contributed by atoms with Gasteiger partial charge in [0.1, 0.15) is 0 Å². The van der Waals surface area contributed by atoms with Crippen LogP contribution in [0, 0.1) is 13.8 Å². The zero-order chi connectivity index (χ0) is 20.3. The number of Topliss-reactive ketones (excluding diaryl/α,β-unsaturated/α-hetero) is 1. The molecular formula is C22H28N2O4. The van der Waals surface area contributed by atoms with Crippen LogP contribution in [0.1, 0.15) is 44.9 Å². The summed E-state index contributed by atoms with van der Waals surface area (Å²) in [6.45, 7) is 5.20. The average Bonchev–Trinajstić information content (AvgIpc) is 3.29. The van der Waals surface area contributed by atoms with Gasteiger partial charge in [0, 0.05) is 49.9 Å². The fourth-order valence-electron chi connectivity index (χ4n) is 3.56. The third kappa shape index (κ3) is 4.44. The molecule has 0 saturated carbocycles. The maximum absolute atomic E-state index is 12.6. The average molecular weight is 384 g/mol. The van der Waals surface area contributed by atoms with E-state index in [-0.39, 0.29) is 18.5 Å². The molecular weight excluding hydrogens is 356 g/mol. The number of aryl methyl sites for hydroxylation is 1. The van der Waals surface area contributed by atoms with E-state index in [1.807, 2.05) is 45.0 Å². The van der Waals surface area contributed by atoms with E-state index in [1.165, 1.54) is 0 Å². The van der Waals surface area contributed by atoms with Gasteiger partial charge < -0.3 is 18.9 Å². The zero-order valence-corrected chi connectivity index (χ0v) is 17.0. The Balaban J connectivity index is 1.65. The van der Waals surface area contributed by atoms with E-state index in [0.717, 1.165) is 43.1 Å². The molecule has 3 rings (SSSR count). The monoisotopic (exact) mass is 384 g/mol. The molecule has 0 radical (unpaired) electrons. The molecule has 1 unspecified atom stereocenters. The second kappa shape index (κ2) is 8.61. The van der Waals surface area contributed by atoms with Gasteiger partial charge >= 0.3 is 5.97 Å². The van der Waals surface area contributed by atoms with E-state index in [2.05, 4.69) is 4.57 Å². The van der Waals surface area contributed by atoms with Crippen LogP contribution >= 0.6 is 0 Å². The lowest BCUT2D eigenvalue weighted by Gasteiger charge is -2.15. The van der Waals surface area contributed by atoms with Gasteiger partial charge in [-0.2, -0.15) is 0 Å². The smallest absolute Gasteiger partial charge is 0.338 e. The first-order valence-electron chi connectivity index (χ1n) is 9.63. The fourth-order valence-corrected chi connectivity index (χ4v) is 3.56. The lowest BCUT2D eigenvalue weighted by atomic mass is 10.1. The van der Waals surface area contributed by atoms with Crippen molar-refractivity contribution >= 4 is 17.4 Å². The van der Waals surface area contributed by atoms with Crippen LogP contribution in [0.4, 0.5) is 5.69 Å². The first-order chi connectivity index (χ1) is 13.4. The van der Waals surface area contributed by atoms with Gasteiger partial charge in [0.25, 0.3) is 0 Å². The Hall–Kier alpha value is -2.60. The molecule has 150 valence electrons. The molecule has 0 amide bonds. The molecule has 0 bridgehead atoms. The Bertz CT molecular complexity index is 863. The van der Waals surface area contributed by atoms with E-state index in [0.29, 0.717) is 11.1 Å². The summed E-state index contributed by atoms with van der Waals surface area (Å²) in [4.78, 5) is 26.9. The van der Waals surface area contributed by atoms with Crippen LogP contribution in [0.15, 0.2) is 30.3 Å². The van der Waals surface area contributed by atoms with Crippen LogP contribution in [0.2, 0.25) is 0 Å². The highest BCUT2D eigenvalue weighted by Crippen LogP contribution is 2.21. The van der Waals surface area contributed by atoms with Crippen LogP contribution in [0.25, 0.3) is 0 Å². The van der Waals surface area contributed by atoms with Gasteiger partial charge in [0.05, 0.1) is 11.7 Å². The number of ketones is 1. The topological polar surface area (TPSA) is 60.8 Å². The minimum absolute atomic E-state index is 0.191. The SMILES string of the molecule is Cc1cc(C(=O)COC(=O)c2cccc(N(C)C)c2)c(C)n1CC1CCCO1. The van der Waals surface area contributed by atoms with Crippen molar-refractivity contribution in [3.05, 3.63) is 52.8 Å².